The monoisotopic (exact) mass is 323 g/mol. The number of hydrogen-bond donors (Lipinski definition) is 2. The van der Waals surface area contributed by atoms with Crippen LogP contribution in [0.4, 0.5) is 10.1 Å². The maximum absolute atomic E-state index is 13.2. The molecule has 0 aliphatic carbocycles. The van der Waals surface area contributed by atoms with Gasteiger partial charge < -0.3 is 15.3 Å². The summed E-state index contributed by atoms with van der Waals surface area (Å²) in [6.07, 6.45) is 1.85. The number of aliphatic hydroxyl groups excluding tert-OH is 1. The van der Waals surface area contributed by atoms with E-state index in [0.717, 1.165) is 45.6 Å². The largest absolute Gasteiger partial charge is 0.396 e. The smallest absolute Gasteiger partial charge is 0.241 e. The Labute approximate surface area is 137 Å². The summed E-state index contributed by atoms with van der Waals surface area (Å²) < 4.78 is 13.2. The van der Waals surface area contributed by atoms with Crippen LogP contribution in [0.3, 0.4) is 0 Å². The fourth-order valence-electron chi connectivity index (χ4n) is 2.80. The van der Waals surface area contributed by atoms with Crippen molar-refractivity contribution in [3.05, 3.63) is 30.1 Å². The van der Waals surface area contributed by atoms with Gasteiger partial charge in [0.1, 0.15) is 5.82 Å². The molecule has 1 aromatic rings. The zero-order chi connectivity index (χ0) is 16.7. The molecule has 1 amide bonds. The molecule has 0 bridgehead atoms. The van der Waals surface area contributed by atoms with Gasteiger partial charge >= 0.3 is 0 Å². The second kappa shape index (κ2) is 8.96. The maximum atomic E-state index is 13.2. The highest BCUT2D eigenvalue weighted by Gasteiger charge is 2.25. The van der Waals surface area contributed by atoms with Crippen LogP contribution in [-0.4, -0.2) is 66.2 Å². The minimum Gasteiger partial charge on any atom is -0.396 e. The Kier molecular flexibility index (Phi) is 6.95. The van der Waals surface area contributed by atoms with Gasteiger partial charge in [-0.25, -0.2) is 4.39 Å². The van der Waals surface area contributed by atoms with Crippen molar-refractivity contribution in [1.29, 1.82) is 0 Å². The maximum Gasteiger partial charge on any atom is 0.241 e. The third-order valence-electron chi connectivity index (χ3n) is 4.31. The first kappa shape index (κ1) is 17.8. The number of hydrogen-bond acceptors (Lipinski definition) is 4. The Morgan fingerprint density at radius 3 is 2.70 bits per heavy atom. The summed E-state index contributed by atoms with van der Waals surface area (Å²) in [5, 5.41) is 11.6. The number of amides is 1. The van der Waals surface area contributed by atoms with Gasteiger partial charge in [-0.05, 0) is 44.5 Å². The number of unbranched alkanes of at least 4 members (excludes halogenated alkanes) is 1. The van der Waals surface area contributed by atoms with E-state index in [1.807, 2.05) is 6.92 Å². The average Bonchev–Trinajstić information content (AvgIpc) is 2.55. The number of nitrogens with zero attached hydrogens (tertiary/aromatic N) is 2. The van der Waals surface area contributed by atoms with Crippen LogP contribution in [-0.2, 0) is 4.79 Å². The Hall–Kier alpha value is -1.50. The van der Waals surface area contributed by atoms with Crippen LogP contribution in [0.25, 0.3) is 0 Å². The van der Waals surface area contributed by atoms with Crippen molar-refractivity contribution < 1.29 is 14.3 Å². The summed E-state index contributed by atoms with van der Waals surface area (Å²) in [6, 6.07) is 5.71. The summed E-state index contributed by atoms with van der Waals surface area (Å²) >= 11 is 0. The molecule has 1 aliphatic heterocycles. The molecule has 0 saturated carbocycles. The van der Waals surface area contributed by atoms with Gasteiger partial charge in [-0.2, -0.15) is 0 Å². The van der Waals surface area contributed by atoms with Gasteiger partial charge in [-0.3, -0.25) is 9.69 Å². The fraction of sp³-hybridized carbons (Fsp3) is 0.588. The molecule has 1 atom stereocenters. The highest BCUT2D eigenvalue weighted by Crippen LogP contribution is 2.12. The summed E-state index contributed by atoms with van der Waals surface area (Å²) in [7, 11) is 0. The first-order valence-electron chi connectivity index (χ1n) is 8.24. The molecule has 0 radical (unpaired) electrons. The van der Waals surface area contributed by atoms with E-state index in [0.29, 0.717) is 5.69 Å². The summed E-state index contributed by atoms with van der Waals surface area (Å²) in [5.74, 6) is -0.462. The zero-order valence-electron chi connectivity index (χ0n) is 13.7. The first-order chi connectivity index (χ1) is 11.1. The van der Waals surface area contributed by atoms with Crippen LogP contribution in [0.15, 0.2) is 24.3 Å². The van der Waals surface area contributed by atoms with E-state index in [-0.39, 0.29) is 24.4 Å². The molecule has 6 heteroatoms. The van der Waals surface area contributed by atoms with Crippen LogP contribution in [0, 0.1) is 5.82 Å². The second-order valence-electron chi connectivity index (χ2n) is 5.98. The highest BCUT2D eigenvalue weighted by atomic mass is 19.1. The van der Waals surface area contributed by atoms with Gasteiger partial charge in [0.2, 0.25) is 5.91 Å². The number of aliphatic hydroxyl groups is 1. The van der Waals surface area contributed by atoms with E-state index in [2.05, 4.69) is 15.1 Å². The Bertz CT molecular complexity index is 504. The third kappa shape index (κ3) is 5.57. The molecule has 0 spiro atoms. The van der Waals surface area contributed by atoms with Crippen LogP contribution in [0.5, 0.6) is 0 Å². The predicted octanol–water partition coefficient (Wildman–Crippen LogP) is 1.54. The minimum atomic E-state index is -0.355. The standard InChI is InChI=1S/C17H26FN3O2/c1-14(17(23)19-16-6-4-5-15(18)13-16)21-10-8-20(9-11-21)7-2-3-12-22/h4-6,13-14,22H,2-3,7-12H2,1H3,(H,19,23). The fourth-order valence-corrected chi connectivity index (χ4v) is 2.80. The van der Waals surface area contributed by atoms with Gasteiger partial charge in [0.05, 0.1) is 6.04 Å². The molecule has 1 aromatic carbocycles. The van der Waals surface area contributed by atoms with Crippen molar-refractivity contribution in [2.45, 2.75) is 25.8 Å². The molecule has 1 fully saturated rings. The van der Waals surface area contributed by atoms with E-state index < -0.39 is 0 Å². The summed E-state index contributed by atoms with van der Waals surface area (Å²) in [6.45, 7) is 6.69. The lowest BCUT2D eigenvalue weighted by atomic mass is 10.2. The van der Waals surface area contributed by atoms with Gasteiger partial charge in [0, 0.05) is 38.5 Å². The second-order valence-corrected chi connectivity index (χ2v) is 5.98. The molecular weight excluding hydrogens is 297 g/mol. The van der Waals surface area contributed by atoms with Gasteiger partial charge in [0.15, 0.2) is 0 Å². The van der Waals surface area contributed by atoms with E-state index in [1.54, 1.807) is 12.1 Å². The Morgan fingerprint density at radius 2 is 2.04 bits per heavy atom. The number of halogens is 1. The number of carbonyl (C=O) groups is 1. The number of anilines is 1. The van der Waals surface area contributed by atoms with Crippen molar-refractivity contribution in [3.63, 3.8) is 0 Å². The van der Waals surface area contributed by atoms with Gasteiger partial charge in [0.25, 0.3) is 0 Å². The number of piperazine rings is 1. The lowest BCUT2D eigenvalue weighted by Gasteiger charge is -2.37. The summed E-state index contributed by atoms with van der Waals surface area (Å²) in [5.41, 5.74) is 0.490. The van der Waals surface area contributed by atoms with Gasteiger partial charge in [-0.1, -0.05) is 6.07 Å². The van der Waals surface area contributed by atoms with Crippen LogP contribution >= 0.6 is 0 Å². The summed E-state index contributed by atoms with van der Waals surface area (Å²) in [4.78, 5) is 16.8. The van der Waals surface area contributed by atoms with Crippen molar-refractivity contribution in [1.82, 2.24) is 9.80 Å². The quantitative estimate of drug-likeness (QED) is 0.748. The van der Waals surface area contributed by atoms with Crippen LogP contribution < -0.4 is 5.32 Å². The lowest BCUT2D eigenvalue weighted by Crippen LogP contribution is -2.52. The molecule has 1 aliphatic rings. The molecular formula is C17H26FN3O2. The normalized spacial score (nSPS) is 17.9. The molecule has 1 unspecified atom stereocenters. The highest BCUT2D eigenvalue weighted by molar-refractivity contribution is 5.94. The number of benzene rings is 1. The average molecular weight is 323 g/mol. The van der Waals surface area contributed by atoms with Crippen molar-refractivity contribution in [2.24, 2.45) is 0 Å². The van der Waals surface area contributed by atoms with E-state index in [9.17, 15) is 9.18 Å². The molecule has 1 saturated heterocycles. The molecule has 1 heterocycles. The Balaban J connectivity index is 1.77. The molecule has 128 valence electrons. The van der Waals surface area contributed by atoms with Crippen LogP contribution in [0.2, 0.25) is 0 Å². The lowest BCUT2D eigenvalue weighted by molar-refractivity contribution is -0.121. The SMILES string of the molecule is CC(C(=O)Nc1cccc(F)c1)N1CCN(CCCCO)CC1. The number of carbonyl (C=O) groups excluding carboxylic acids is 1. The molecule has 2 N–H and O–H groups in total. The van der Waals surface area contributed by atoms with Gasteiger partial charge in [-0.15, -0.1) is 0 Å². The van der Waals surface area contributed by atoms with E-state index in [4.69, 9.17) is 5.11 Å². The van der Waals surface area contributed by atoms with Crippen molar-refractivity contribution in [2.75, 3.05) is 44.6 Å². The number of nitrogens with one attached hydrogen (secondary N) is 1. The first-order valence-corrected chi connectivity index (χ1v) is 8.24. The third-order valence-corrected chi connectivity index (χ3v) is 4.31. The van der Waals surface area contributed by atoms with E-state index in [1.165, 1.54) is 12.1 Å². The molecule has 5 nitrogen and oxygen atoms in total. The van der Waals surface area contributed by atoms with Crippen LogP contribution in [0.1, 0.15) is 19.8 Å². The topological polar surface area (TPSA) is 55.8 Å². The number of rotatable bonds is 7. The predicted molar refractivity (Wildman–Crippen MR) is 88.8 cm³/mol. The van der Waals surface area contributed by atoms with E-state index >= 15 is 0 Å². The molecule has 0 aromatic heterocycles. The molecule has 2 rings (SSSR count). The Morgan fingerprint density at radius 1 is 1.30 bits per heavy atom. The van der Waals surface area contributed by atoms with Crippen molar-refractivity contribution >= 4 is 11.6 Å². The molecule has 23 heavy (non-hydrogen) atoms. The zero-order valence-corrected chi connectivity index (χ0v) is 13.7. The van der Waals surface area contributed by atoms with Crippen molar-refractivity contribution in [3.8, 4) is 0 Å². The minimum absolute atomic E-state index is 0.107.